The molecule has 1 aromatic heterocycles. The maximum atomic E-state index is 9.40. The second-order valence-corrected chi connectivity index (χ2v) is 4.88. The zero-order valence-corrected chi connectivity index (χ0v) is 10.1. The highest BCUT2D eigenvalue weighted by Gasteiger charge is 2.04. The third-order valence-corrected chi connectivity index (χ3v) is 3.50. The molecule has 86 valence electrons. The summed E-state index contributed by atoms with van der Waals surface area (Å²) in [6.07, 6.45) is 0.529. The zero-order valence-electron chi connectivity index (χ0n) is 9.31. The van der Waals surface area contributed by atoms with E-state index in [0.29, 0.717) is 6.54 Å². The van der Waals surface area contributed by atoms with Crippen molar-refractivity contribution in [2.24, 2.45) is 0 Å². The lowest BCUT2D eigenvalue weighted by Crippen LogP contribution is -2.25. The Kier molecular flexibility index (Phi) is 3.88. The molecule has 0 spiro atoms. The number of nitrogens with one attached hydrogen (secondary N) is 1. The Morgan fingerprint density at radius 1 is 1.44 bits per heavy atom. The van der Waals surface area contributed by atoms with E-state index in [1.807, 2.05) is 25.1 Å². The lowest BCUT2D eigenvalue weighted by Gasteiger charge is -2.07. The zero-order chi connectivity index (χ0) is 11.4. The molecular weight excluding hydrogens is 220 g/mol. The molecule has 0 saturated heterocycles. The van der Waals surface area contributed by atoms with Crippen LogP contribution in [0.5, 0.6) is 0 Å². The van der Waals surface area contributed by atoms with Crippen LogP contribution in [0.1, 0.15) is 18.4 Å². The van der Waals surface area contributed by atoms with Gasteiger partial charge in [-0.1, -0.05) is 19.1 Å². The highest BCUT2D eigenvalue weighted by atomic mass is 32.1. The Balaban J connectivity index is 1.94. The van der Waals surface area contributed by atoms with E-state index in [9.17, 15) is 5.11 Å². The third-order valence-electron chi connectivity index (χ3n) is 2.47. The highest BCUT2D eigenvalue weighted by molar-refractivity contribution is 7.18. The molecule has 0 radical (unpaired) electrons. The number of hydrogen-bond donors (Lipinski definition) is 2. The number of aliphatic hydroxyl groups excluding tert-OH is 1. The van der Waals surface area contributed by atoms with Crippen LogP contribution in [0.15, 0.2) is 24.3 Å². The fraction of sp³-hybridized carbons (Fsp3) is 0.417. The van der Waals surface area contributed by atoms with Gasteiger partial charge in [0.05, 0.1) is 16.3 Å². The molecule has 2 rings (SSSR count). The number of nitrogens with zero attached hydrogens (tertiary/aromatic N) is 1. The first-order chi connectivity index (χ1) is 7.79. The van der Waals surface area contributed by atoms with Gasteiger partial charge in [-0.25, -0.2) is 4.98 Å². The summed E-state index contributed by atoms with van der Waals surface area (Å²) in [5, 5.41) is 13.7. The Bertz CT molecular complexity index is 422. The summed E-state index contributed by atoms with van der Waals surface area (Å²) in [6.45, 7) is 3.34. The molecule has 1 unspecified atom stereocenters. The molecule has 1 aromatic carbocycles. The molecule has 0 bridgehead atoms. The van der Waals surface area contributed by atoms with Gasteiger partial charge in [0.25, 0.3) is 0 Å². The van der Waals surface area contributed by atoms with Gasteiger partial charge in [0.15, 0.2) is 0 Å². The van der Waals surface area contributed by atoms with Crippen LogP contribution in [0, 0.1) is 0 Å². The van der Waals surface area contributed by atoms with Crippen molar-refractivity contribution in [3.05, 3.63) is 29.3 Å². The van der Waals surface area contributed by atoms with Crippen molar-refractivity contribution in [2.75, 3.05) is 6.54 Å². The molecule has 0 saturated carbocycles. The van der Waals surface area contributed by atoms with Crippen molar-refractivity contribution in [3.8, 4) is 0 Å². The first kappa shape index (κ1) is 11.5. The van der Waals surface area contributed by atoms with Gasteiger partial charge in [-0.2, -0.15) is 0 Å². The lowest BCUT2D eigenvalue weighted by molar-refractivity contribution is 0.167. The molecule has 16 heavy (non-hydrogen) atoms. The molecule has 2 N–H and O–H groups in total. The normalized spacial score (nSPS) is 13.1. The van der Waals surface area contributed by atoms with Gasteiger partial charge in [-0.05, 0) is 18.6 Å². The molecule has 0 amide bonds. The fourth-order valence-electron chi connectivity index (χ4n) is 1.49. The number of aromatic nitrogens is 1. The van der Waals surface area contributed by atoms with Crippen LogP contribution in [0.3, 0.4) is 0 Å². The number of aliphatic hydroxyl groups is 1. The van der Waals surface area contributed by atoms with E-state index in [0.717, 1.165) is 23.5 Å². The van der Waals surface area contributed by atoms with Gasteiger partial charge >= 0.3 is 0 Å². The quantitative estimate of drug-likeness (QED) is 0.836. The predicted octanol–water partition coefficient (Wildman–Crippen LogP) is 2.16. The van der Waals surface area contributed by atoms with Crippen molar-refractivity contribution < 1.29 is 5.11 Å². The second-order valence-electron chi connectivity index (χ2n) is 3.77. The van der Waals surface area contributed by atoms with Gasteiger partial charge in [-0.15, -0.1) is 11.3 Å². The van der Waals surface area contributed by atoms with Gasteiger partial charge in [0.1, 0.15) is 5.01 Å². The number of rotatable bonds is 5. The van der Waals surface area contributed by atoms with Crippen molar-refractivity contribution in [1.29, 1.82) is 0 Å². The standard InChI is InChI=1S/C12H16N2OS/c1-2-9(15)7-13-8-12-14-10-5-3-4-6-11(10)16-12/h3-6,9,13,15H,2,7-8H2,1H3. The molecular formula is C12H16N2OS. The SMILES string of the molecule is CCC(O)CNCc1nc2ccccc2s1. The molecule has 0 fully saturated rings. The topological polar surface area (TPSA) is 45.1 Å². The van der Waals surface area contributed by atoms with Gasteiger partial charge in [0, 0.05) is 13.1 Å². The van der Waals surface area contributed by atoms with Crippen molar-refractivity contribution in [2.45, 2.75) is 26.0 Å². The maximum Gasteiger partial charge on any atom is 0.108 e. The summed E-state index contributed by atoms with van der Waals surface area (Å²) in [7, 11) is 0. The molecule has 0 aliphatic heterocycles. The van der Waals surface area contributed by atoms with Crippen molar-refractivity contribution in [1.82, 2.24) is 10.3 Å². The summed E-state index contributed by atoms with van der Waals surface area (Å²) in [6, 6.07) is 8.13. The van der Waals surface area contributed by atoms with E-state index in [-0.39, 0.29) is 6.10 Å². The van der Waals surface area contributed by atoms with Crippen molar-refractivity contribution in [3.63, 3.8) is 0 Å². The number of hydrogen-bond acceptors (Lipinski definition) is 4. The lowest BCUT2D eigenvalue weighted by atomic mass is 10.3. The minimum atomic E-state index is -0.255. The van der Waals surface area contributed by atoms with Crippen LogP contribution in [-0.4, -0.2) is 22.7 Å². The van der Waals surface area contributed by atoms with E-state index in [4.69, 9.17) is 0 Å². The molecule has 4 heteroatoms. The minimum Gasteiger partial charge on any atom is -0.392 e. The highest BCUT2D eigenvalue weighted by Crippen LogP contribution is 2.21. The predicted molar refractivity (Wildman–Crippen MR) is 67.6 cm³/mol. The van der Waals surface area contributed by atoms with Crippen LogP contribution in [0.4, 0.5) is 0 Å². The summed E-state index contributed by atoms with van der Waals surface area (Å²) in [4.78, 5) is 4.51. The van der Waals surface area contributed by atoms with Gasteiger partial charge < -0.3 is 10.4 Å². The maximum absolute atomic E-state index is 9.40. The third kappa shape index (κ3) is 2.78. The van der Waals surface area contributed by atoms with E-state index >= 15 is 0 Å². The molecule has 0 aliphatic carbocycles. The van der Waals surface area contributed by atoms with E-state index in [1.165, 1.54) is 4.70 Å². The minimum absolute atomic E-state index is 0.255. The molecule has 1 atom stereocenters. The molecule has 2 aromatic rings. The molecule has 0 aliphatic rings. The molecule has 3 nitrogen and oxygen atoms in total. The Labute approximate surface area is 99.1 Å². The summed E-state index contributed by atoms with van der Waals surface area (Å²) in [5.41, 5.74) is 1.06. The number of benzene rings is 1. The first-order valence-corrected chi connectivity index (χ1v) is 6.34. The van der Waals surface area contributed by atoms with Crippen LogP contribution in [-0.2, 0) is 6.54 Å². The van der Waals surface area contributed by atoms with Crippen LogP contribution in [0.25, 0.3) is 10.2 Å². The average molecular weight is 236 g/mol. The van der Waals surface area contributed by atoms with Crippen LogP contribution >= 0.6 is 11.3 Å². The van der Waals surface area contributed by atoms with E-state index < -0.39 is 0 Å². The Morgan fingerprint density at radius 2 is 2.25 bits per heavy atom. The number of thiazole rings is 1. The van der Waals surface area contributed by atoms with E-state index in [1.54, 1.807) is 11.3 Å². The van der Waals surface area contributed by atoms with Gasteiger partial charge in [0.2, 0.25) is 0 Å². The number of para-hydroxylation sites is 1. The fourth-order valence-corrected chi connectivity index (χ4v) is 2.42. The largest absolute Gasteiger partial charge is 0.392 e. The van der Waals surface area contributed by atoms with E-state index in [2.05, 4.69) is 16.4 Å². The van der Waals surface area contributed by atoms with Crippen LogP contribution in [0.2, 0.25) is 0 Å². The number of fused-ring (bicyclic) bond motifs is 1. The average Bonchev–Trinajstić information content (AvgIpc) is 2.71. The monoisotopic (exact) mass is 236 g/mol. The van der Waals surface area contributed by atoms with Crippen molar-refractivity contribution >= 4 is 21.6 Å². The molecule has 1 heterocycles. The Hall–Kier alpha value is -0.970. The second kappa shape index (κ2) is 5.39. The Morgan fingerprint density at radius 3 is 3.00 bits per heavy atom. The summed E-state index contributed by atoms with van der Waals surface area (Å²) in [5.74, 6) is 0. The first-order valence-electron chi connectivity index (χ1n) is 5.53. The summed E-state index contributed by atoms with van der Waals surface area (Å²) < 4.78 is 1.22. The smallest absolute Gasteiger partial charge is 0.108 e. The van der Waals surface area contributed by atoms with Crippen LogP contribution < -0.4 is 5.32 Å². The van der Waals surface area contributed by atoms with Gasteiger partial charge in [-0.3, -0.25) is 0 Å². The summed E-state index contributed by atoms with van der Waals surface area (Å²) >= 11 is 1.70.